The first-order valence-electron chi connectivity index (χ1n) is 7.08. The zero-order valence-corrected chi connectivity index (χ0v) is 12.9. The average Bonchev–Trinajstić information content (AvgIpc) is 3.24. The van der Waals surface area contributed by atoms with E-state index in [9.17, 15) is 15.8 Å². The lowest BCUT2D eigenvalue weighted by molar-refractivity contribution is 0.583. The molecule has 1 aromatic heterocycles. The van der Waals surface area contributed by atoms with Gasteiger partial charge in [0.2, 0.25) is 0 Å². The molecule has 0 saturated carbocycles. The monoisotopic (exact) mass is 316 g/mol. The van der Waals surface area contributed by atoms with Crippen LogP contribution in [0, 0.1) is 39.9 Å². The number of allylic oxidation sites excluding steroid dienone is 1. The van der Waals surface area contributed by atoms with E-state index in [4.69, 9.17) is 0 Å². The maximum atomic E-state index is 9.65. The molecule has 1 N–H and O–H groups in total. The minimum atomic E-state index is -0.958. The molecular formula is C18H12N4S. The van der Waals surface area contributed by atoms with Crippen molar-refractivity contribution in [2.45, 2.75) is 12.0 Å². The normalized spacial score (nSPS) is 19.7. The third-order valence-corrected chi connectivity index (χ3v) is 4.88. The van der Waals surface area contributed by atoms with Crippen LogP contribution in [-0.2, 0) is 0 Å². The Hall–Kier alpha value is -3.07. The number of nitriles is 3. The molecule has 1 aromatic carbocycles. The van der Waals surface area contributed by atoms with Crippen LogP contribution in [0.15, 0.2) is 59.1 Å². The Morgan fingerprint density at radius 1 is 1.00 bits per heavy atom. The highest BCUT2D eigenvalue weighted by molar-refractivity contribution is 7.10. The van der Waals surface area contributed by atoms with Gasteiger partial charge in [0.25, 0.3) is 0 Å². The van der Waals surface area contributed by atoms with Gasteiger partial charge in [0, 0.05) is 4.88 Å². The molecule has 1 aliphatic heterocycles. The van der Waals surface area contributed by atoms with E-state index in [0.29, 0.717) is 11.3 Å². The van der Waals surface area contributed by atoms with Crippen LogP contribution in [0.25, 0.3) is 0 Å². The minimum Gasteiger partial charge on any atom is -0.378 e. The largest absolute Gasteiger partial charge is 0.378 e. The summed E-state index contributed by atoms with van der Waals surface area (Å²) in [5, 5.41) is 33.3. The smallest absolute Gasteiger partial charge is 0.173 e. The van der Waals surface area contributed by atoms with Crippen molar-refractivity contribution < 1.29 is 0 Å². The maximum Gasteiger partial charge on any atom is 0.173 e. The maximum absolute atomic E-state index is 9.65. The first-order chi connectivity index (χ1) is 11.3. The van der Waals surface area contributed by atoms with Crippen molar-refractivity contribution in [3.63, 3.8) is 0 Å². The van der Waals surface area contributed by atoms with Crippen molar-refractivity contribution in [3.8, 4) is 18.2 Å². The van der Waals surface area contributed by atoms with Gasteiger partial charge in [-0.15, -0.1) is 11.3 Å². The minimum absolute atomic E-state index is 0.149. The van der Waals surface area contributed by atoms with Crippen molar-refractivity contribution in [2.75, 3.05) is 0 Å². The van der Waals surface area contributed by atoms with Crippen molar-refractivity contribution in [1.82, 2.24) is 5.32 Å². The highest BCUT2D eigenvalue weighted by atomic mass is 32.1. The molecule has 0 aliphatic carbocycles. The molecule has 23 heavy (non-hydrogen) atoms. The number of rotatable bonds is 3. The molecule has 4 nitrogen and oxygen atoms in total. The first-order valence-corrected chi connectivity index (χ1v) is 7.96. The number of nitrogens with one attached hydrogen (secondary N) is 1. The topological polar surface area (TPSA) is 83.4 Å². The summed E-state index contributed by atoms with van der Waals surface area (Å²) in [7, 11) is 0. The fourth-order valence-electron chi connectivity index (χ4n) is 2.90. The van der Waals surface area contributed by atoms with Crippen LogP contribution in [-0.4, -0.2) is 0 Å². The van der Waals surface area contributed by atoms with Gasteiger partial charge in [0.15, 0.2) is 5.92 Å². The summed E-state index contributed by atoms with van der Waals surface area (Å²) < 4.78 is 0. The molecule has 1 aliphatic rings. The molecule has 0 saturated heterocycles. The van der Waals surface area contributed by atoms with Gasteiger partial charge < -0.3 is 5.32 Å². The van der Waals surface area contributed by atoms with Gasteiger partial charge in [-0.2, -0.15) is 15.8 Å². The summed E-state index contributed by atoms with van der Waals surface area (Å²) in [5.41, 5.74) is 1.95. The molecule has 0 amide bonds. The Morgan fingerprint density at radius 3 is 2.30 bits per heavy atom. The molecule has 0 radical (unpaired) electrons. The van der Waals surface area contributed by atoms with Gasteiger partial charge in [-0.3, -0.25) is 0 Å². The fourth-order valence-corrected chi connectivity index (χ4v) is 3.77. The van der Waals surface area contributed by atoms with E-state index >= 15 is 0 Å². The molecule has 0 bridgehead atoms. The first kappa shape index (κ1) is 14.9. The van der Waals surface area contributed by atoms with Gasteiger partial charge >= 0.3 is 0 Å². The number of nitrogens with zero attached hydrogens (tertiary/aromatic N) is 3. The molecular weight excluding hydrogens is 304 g/mol. The molecule has 3 rings (SSSR count). The Bertz CT molecular complexity index is 833. The van der Waals surface area contributed by atoms with Gasteiger partial charge in [0.1, 0.15) is 0 Å². The third-order valence-electron chi connectivity index (χ3n) is 3.92. The Morgan fingerprint density at radius 2 is 1.74 bits per heavy atom. The number of benzene rings is 1. The van der Waals surface area contributed by atoms with E-state index in [1.807, 2.05) is 60.0 Å². The lowest BCUT2D eigenvalue weighted by Gasteiger charge is -2.20. The van der Waals surface area contributed by atoms with E-state index in [1.54, 1.807) is 11.3 Å². The molecule has 0 fully saturated rings. The summed E-state index contributed by atoms with van der Waals surface area (Å²) >= 11 is 1.58. The molecule has 2 atom stereocenters. The Labute approximate surface area is 138 Å². The predicted octanol–water partition coefficient (Wildman–Crippen LogP) is 3.62. The highest BCUT2D eigenvalue weighted by Gasteiger charge is 2.40. The van der Waals surface area contributed by atoms with Crippen LogP contribution in [0.4, 0.5) is 0 Å². The standard InChI is InChI=1S/C18H12N4S/c19-9-13(10-20)17-14(11-21)16(15-7-4-8-23-15)18(22-17)12-5-2-1-3-6-12/h1-8,13,16,18,22H. The Balaban J connectivity index is 2.13. The second kappa shape index (κ2) is 6.36. The van der Waals surface area contributed by atoms with Crippen LogP contribution in [0.5, 0.6) is 0 Å². The number of hydrogen-bond acceptors (Lipinski definition) is 5. The predicted molar refractivity (Wildman–Crippen MR) is 86.7 cm³/mol. The summed E-state index contributed by atoms with van der Waals surface area (Å²) in [5.74, 6) is -1.14. The van der Waals surface area contributed by atoms with Crippen LogP contribution < -0.4 is 5.32 Å². The highest BCUT2D eigenvalue weighted by Crippen LogP contribution is 2.45. The lowest BCUT2D eigenvalue weighted by Crippen LogP contribution is -2.21. The fraction of sp³-hybridized carbons (Fsp3) is 0.167. The van der Waals surface area contributed by atoms with Crippen LogP contribution >= 0.6 is 11.3 Å². The van der Waals surface area contributed by atoms with E-state index in [0.717, 1.165) is 10.4 Å². The van der Waals surface area contributed by atoms with Crippen LogP contribution in [0.3, 0.4) is 0 Å². The molecule has 2 aromatic rings. The van der Waals surface area contributed by atoms with E-state index in [2.05, 4.69) is 11.4 Å². The second-order valence-corrected chi connectivity index (χ2v) is 6.14. The molecule has 5 heteroatoms. The second-order valence-electron chi connectivity index (χ2n) is 5.16. The SMILES string of the molecule is N#CC1=C(C(C#N)C#N)NC(c2ccccc2)C1c1cccs1. The van der Waals surface area contributed by atoms with Gasteiger partial charge in [-0.05, 0) is 17.0 Å². The summed E-state index contributed by atoms with van der Waals surface area (Å²) in [6.45, 7) is 0. The zero-order valence-electron chi connectivity index (χ0n) is 12.1. The van der Waals surface area contributed by atoms with Crippen molar-refractivity contribution in [3.05, 3.63) is 69.6 Å². The van der Waals surface area contributed by atoms with Crippen molar-refractivity contribution in [2.24, 2.45) is 5.92 Å². The zero-order chi connectivity index (χ0) is 16.2. The summed E-state index contributed by atoms with van der Waals surface area (Å²) in [4.78, 5) is 1.05. The van der Waals surface area contributed by atoms with Gasteiger partial charge in [-0.1, -0.05) is 36.4 Å². The van der Waals surface area contributed by atoms with E-state index in [-0.39, 0.29) is 12.0 Å². The van der Waals surface area contributed by atoms with Crippen molar-refractivity contribution in [1.29, 1.82) is 15.8 Å². The average molecular weight is 316 g/mol. The number of hydrogen-bond donors (Lipinski definition) is 1. The van der Waals surface area contributed by atoms with Crippen molar-refractivity contribution >= 4 is 11.3 Å². The van der Waals surface area contributed by atoms with Gasteiger partial charge in [-0.25, -0.2) is 0 Å². The molecule has 2 unspecified atom stereocenters. The molecule has 110 valence electrons. The number of thiophene rings is 1. The van der Waals surface area contributed by atoms with Crippen LogP contribution in [0.2, 0.25) is 0 Å². The van der Waals surface area contributed by atoms with E-state index < -0.39 is 5.92 Å². The lowest BCUT2D eigenvalue weighted by atomic mass is 9.88. The molecule has 2 heterocycles. The quantitative estimate of drug-likeness (QED) is 0.937. The Kier molecular flexibility index (Phi) is 4.11. The van der Waals surface area contributed by atoms with E-state index in [1.165, 1.54) is 0 Å². The van der Waals surface area contributed by atoms with Gasteiger partial charge in [0.05, 0.1) is 41.4 Å². The van der Waals surface area contributed by atoms with Crippen LogP contribution in [0.1, 0.15) is 22.4 Å². The molecule has 0 spiro atoms. The summed E-state index contributed by atoms with van der Waals surface area (Å²) in [6, 6.07) is 19.7. The third kappa shape index (κ3) is 2.57. The summed E-state index contributed by atoms with van der Waals surface area (Å²) in [6.07, 6.45) is 0.